The third-order valence-electron chi connectivity index (χ3n) is 5.87. The van der Waals surface area contributed by atoms with E-state index in [2.05, 4.69) is 24.5 Å². The Morgan fingerprint density at radius 3 is 2.29 bits per heavy atom. The first-order valence-electron chi connectivity index (χ1n) is 11.3. The molecule has 0 aromatic rings. The summed E-state index contributed by atoms with van der Waals surface area (Å²) >= 11 is 0. The Kier molecular flexibility index (Phi) is 10.3. The van der Waals surface area contributed by atoms with Crippen molar-refractivity contribution in [2.75, 3.05) is 6.61 Å². The highest BCUT2D eigenvalue weighted by Crippen LogP contribution is 2.34. The molecule has 2 aliphatic rings. The van der Waals surface area contributed by atoms with Gasteiger partial charge < -0.3 is 4.74 Å². The zero-order valence-electron chi connectivity index (χ0n) is 18.8. The van der Waals surface area contributed by atoms with Crippen LogP contribution in [0.2, 0.25) is 0 Å². The maximum Gasteiger partial charge on any atom is 0.240 e. The molecule has 0 amide bonds. The highest BCUT2D eigenvalue weighted by Gasteiger charge is 2.26. The molecule has 5 heteroatoms. The van der Waals surface area contributed by atoms with E-state index in [-0.39, 0.29) is 16.9 Å². The molecule has 0 aromatic heterocycles. The van der Waals surface area contributed by atoms with Crippen molar-refractivity contribution in [3.8, 4) is 0 Å². The van der Waals surface area contributed by atoms with Crippen molar-refractivity contribution >= 4 is 10.0 Å². The molecule has 1 heterocycles. The Labute approximate surface area is 188 Å². The molecule has 1 fully saturated rings. The lowest BCUT2D eigenvalue weighted by Gasteiger charge is -2.27. The van der Waals surface area contributed by atoms with Gasteiger partial charge in [0.15, 0.2) is 0 Å². The Bertz CT molecular complexity index is 866. The van der Waals surface area contributed by atoms with Crippen molar-refractivity contribution in [1.82, 2.24) is 4.72 Å². The molecule has 1 saturated carbocycles. The second-order valence-corrected chi connectivity index (χ2v) is 9.74. The van der Waals surface area contributed by atoms with E-state index in [0.717, 1.165) is 43.3 Å². The standard InChI is InChI=1S/C26H37NO3S/c1-5-9-15-21(6-2)25-18-19-30-26(24(25)8-4)20-23(7-3)31(28,29)27-22-16-13-11-10-12-14-17-22/h5-9,15,20,22,25,27H,2-4,10-14,16-19H2,1H3/b9-5-,21-15+,23-20+/t25-/m0/s1. The van der Waals surface area contributed by atoms with Gasteiger partial charge in [-0.05, 0) is 37.8 Å². The first-order chi connectivity index (χ1) is 15.0. The molecule has 2 rings (SSSR count). The third-order valence-corrected chi connectivity index (χ3v) is 7.42. The summed E-state index contributed by atoms with van der Waals surface area (Å²) in [6, 6.07) is -0.0299. The fourth-order valence-electron chi connectivity index (χ4n) is 4.18. The van der Waals surface area contributed by atoms with E-state index in [9.17, 15) is 8.42 Å². The van der Waals surface area contributed by atoms with Crippen molar-refractivity contribution in [2.45, 2.75) is 64.3 Å². The highest BCUT2D eigenvalue weighted by molar-refractivity contribution is 7.93. The average molecular weight is 444 g/mol. The maximum atomic E-state index is 13.1. The molecule has 1 N–H and O–H groups in total. The molecular weight excluding hydrogens is 406 g/mol. The van der Waals surface area contributed by atoms with Crippen LogP contribution in [0.1, 0.15) is 58.3 Å². The summed E-state index contributed by atoms with van der Waals surface area (Å²) in [6.07, 6.45) is 20.7. The second-order valence-electron chi connectivity index (χ2n) is 8.02. The van der Waals surface area contributed by atoms with Gasteiger partial charge in [-0.2, -0.15) is 0 Å². The quantitative estimate of drug-likeness (QED) is 0.428. The summed E-state index contributed by atoms with van der Waals surface area (Å²) < 4.78 is 35.0. The van der Waals surface area contributed by atoms with Crippen LogP contribution < -0.4 is 4.72 Å². The van der Waals surface area contributed by atoms with Gasteiger partial charge in [0.1, 0.15) is 5.76 Å². The van der Waals surface area contributed by atoms with E-state index in [4.69, 9.17) is 4.74 Å². The molecule has 0 radical (unpaired) electrons. The minimum Gasteiger partial charge on any atom is -0.493 e. The molecule has 1 atom stereocenters. The lowest BCUT2D eigenvalue weighted by molar-refractivity contribution is 0.187. The first kappa shape index (κ1) is 25.2. The SMILES string of the molecule is C=CC1=C(/C=C(\C=C)S(=O)(=O)NC2CCCCCCC2)OCC[C@H]1/C(C=C)=C/C=C\C. The molecular formula is C26H37NO3S. The molecule has 0 unspecified atom stereocenters. The Morgan fingerprint density at radius 1 is 1.03 bits per heavy atom. The van der Waals surface area contributed by atoms with Gasteiger partial charge in [0, 0.05) is 23.6 Å². The van der Waals surface area contributed by atoms with Gasteiger partial charge in [0.05, 0.1) is 11.5 Å². The summed E-state index contributed by atoms with van der Waals surface area (Å²) in [6.45, 7) is 14.1. The summed E-state index contributed by atoms with van der Waals surface area (Å²) in [5.41, 5.74) is 1.92. The Hall–Kier alpha value is -2.11. The lowest BCUT2D eigenvalue weighted by Crippen LogP contribution is -2.35. The number of sulfonamides is 1. The predicted molar refractivity (Wildman–Crippen MR) is 131 cm³/mol. The molecule has 1 aliphatic carbocycles. The summed E-state index contributed by atoms with van der Waals surface area (Å²) in [5, 5.41) is 0. The van der Waals surface area contributed by atoms with E-state index in [1.54, 1.807) is 12.2 Å². The van der Waals surface area contributed by atoms with Gasteiger partial charge in [0.2, 0.25) is 10.0 Å². The topological polar surface area (TPSA) is 55.4 Å². The molecule has 0 bridgehead atoms. The molecule has 0 spiro atoms. The van der Waals surface area contributed by atoms with E-state index >= 15 is 0 Å². The van der Waals surface area contributed by atoms with Crippen LogP contribution in [-0.2, 0) is 14.8 Å². The van der Waals surface area contributed by atoms with E-state index in [0.29, 0.717) is 12.4 Å². The van der Waals surface area contributed by atoms with Crippen LogP contribution in [0.3, 0.4) is 0 Å². The smallest absolute Gasteiger partial charge is 0.240 e. The first-order valence-corrected chi connectivity index (χ1v) is 12.8. The van der Waals surface area contributed by atoms with Gasteiger partial charge in [-0.3, -0.25) is 0 Å². The van der Waals surface area contributed by atoms with Crippen LogP contribution in [0, 0.1) is 5.92 Å². The summed E-state index contributed by atoms with van der Waals surface area (Å²) in [5.74, 6) is 0.580. The third kappa shape index (κ3) is 7.22. The summed E-state index contributed by atoms with van der Waals surface area (Å²) in [4.78, 5) is 0.127. The molecule has 1 aliphatic heterocycles. The zero-order valence-corrected chi connectivity index (χ0v) is 19.6. The second kappa shape index (κ2) is 12.7. The highest BCUT2D eigenvalue weighted by atomic mass is 32.2. The van der Waals surface area contributed by atoms with Gasteiger partial charge in [-0.25, -0.2) is 13.1 Å². The van der Waals surface area contributed by atoms with Gasteiger partial charge >= 0.3 is 0 Å². The number of nitrogens with one attached hydrogen (secondary N) is 1. The number of hydrogen-bond donors (Lipinski definition) is 1. The van der Waals surface area contributed by atoms with E-state index in [1.807, 2.05) is 31.2 Å². The van der Waals surface area contributed by atoms with Crippen LogP contribution in [0.15, 0.2) is 84.1 Å². The van der Waals surface area contributed by atoms with E-state index < -0.39 is 10.0 Å². The fraction of sp³-hybridized carbons (Fsp3) is 0.462. The fourth-order valence-corrected chi connectivity index (χ4v) is 5.47. The minimum absolute atomic E-state index is 0.0299. The number of rotatable bonds is 9. The van der Waals surface area contributed by atoms with Crippen molar-refractivity contribution in [3.63, 3.8) is 0 Å². The molecule has 31 heavy (non-hydrogen) atoms. The van der Waals surface area contributed by atoms with Crippen molar-refractivity contribution < 1.29 is 13.2 Å². The Balaban J connectivity index is 2.35. The van der Waals surface area contributed by atoms with Crippen LogP contribution in [0.25, 0.3) is 0 Å². The van der Waals surface area contributed by atoms with E-state index in [1.165, 1.54) is 25.3 Å². The molecule has 170 valence electrons. The van der Waals surface area contributed by atoms with Crippen molar-refractivity contribution in [2.24, 2.45) is 5.92 Å². The molecule has 0 saturated heterocycles. The van der Waals surface area contributed by atoms with Gasteiger partial charge in [-0.1, -0.05) is 82.2 Å². The largest absolute Gasteiger partial charge is 0.493 e. The normalized spacial score (nSPS) is 22.5. The van der Waals surface area contributed by atoms with Gasteiger partial charge in [-0.15, -0.1) is 0 Å². The van der Waals surface area contributed by atoms with Crippen molar-refractivity contribution in [1.29, 1.82) is 0 Å². The average Bonchev–Trinajstić information content (AvgIpc) is 2.74. The van der Waals surface area contributed by atoms with Crippen LogP contribution in [0.5, 0.6) is 0 Å². The minimum atomic E-state index is -3.69. The summed E-state index contributed by atoms with van der Waals surface area (Å²) in [7, 11) is -3.69. The van der Waals surface area contributed by atoms with Crippen LogP contribution in [0.4, 0.5) is 0 Å². The maximum absolute atomic E-state index is 13.1. The van der Waals surface area contributed by atoms with Crippen LogP contribution in [-0.4, -0.2) is 21.1 Å². The van der Waals surface area contributed by atoms with Crippen molar-refractivity contribution in [3.05, 3.63) is 84.1 Å². The zero-order chi connectivity index (χ0) is 22.7. The van der Waals surface area contributed by atoms with Gasteiger partial charge in [0.25, 0.3) is 0 Å². The monoisotopic (exact) mass is 443 g/mol. The number of ether oxygens (including phenoxy) is 1. The molecule has 4 nitrogen and oxygen atoms in total. The Morgan fingerprint density at radius 2 is 1.71 bits per heavy atom. The number of allylic oxidation sites excluding steroid dienone is 9. The predicted octanol–water partition coefficient (Wildman–Crippen LogP) is 6.25. The van der Waals surface area contributed by atoms with Crippen LogP contribution >= 0.6 is 0 Å². The number of hydrogen-bond acceptors (Lipinski definition) is 3. The molecule has 0 aromatic carbocycles. The lowest BCUT2D eigenvalue weighted by atomic mass is 9.85.